The number of hydrogen-bond acceptors (Lipinski definition) is 7. The predicted molar refractivity (Wildman–Crippen MR) is 117 cm³/mol. The van der Waals surface area contributed by atoms with Crippen molar-refractivity contribution in [3.05, 3.63) is 30.5 Å². The molecule has 2 saturated heterocycles. The number of piperidine rings is 1. The Labute approximate surface area is 184 Å². The van der Waals surface area contributed by atoms with Crippen LogP contribution in [-0.4, -0.2) is 68.2 Å². The van der Waals surface area contributed by atoms with E-state index in [1.807, 2.05) is 24.3 Å². The van der Waals surface area contributed by atoms with Crippen molar-refractivity contribution in [2.75, 3.05) is 44.2 Å². The summed E-state index contributed by atoms with van der Waals surface area (Å²) in [5, 5.41) is 3.43. The van der Waals surface area contributed by atoms with Gasteiger partial charge in [0.05, 0.1) is 0 Å². The Bertz CT molecular complexity index is 669. The summed E-state index contributed by atoms with van der Waals surface area (Å²) in [6.45, 7) is 8.06. The van der Waals surface area contributed by atoms with Crippen LogP contribution in [0.3, 0.4) is 0 Å². The molecule has 1 aromatic rings. The van der Waals surface area contributed by atoms with Gasteiger partial charge in [-0.3, -0.25) is 4.90 Å². The first-order valence-electron chi connectivity index (χ1n) is 9.53. The summed E-state index contributed by atoms with van der Waals surface area (Å²) in [4.78, 5) is 26.7. The molecule has 0 aromatic heterocycles. The number of hydrogen-bond donors (Lipinski definition) is 1. The second-order valence-corrected chi connectivity index (χ2v) is 6.93. The van der Waals surface area contributed by atoms with Crippen molar-refractivity contribution in [2.45, 2.75) is 31.9 Å². The van der Waals surface area contributed by atoms with Crippen LogP contribution in [-0.2, 0) is 14.3 Å². The molecule has 0 saturated carbocycles. The largest absolute Gasteiger partial charge is 0.479 e. The zero-order valence-electron chi connectivity index (χ0n) is 16.5. The van der Waals surface area contributed by atoms with Crippen LogP contribution in [0, 0.1) is 0 Å². The Balaban J connectivity index is 0.00000210. The van der Waals surface area contributed by atoms with Crippen LogP contribution in [0.5, 0.6) is 5.75 Å². The van der Waals surface area contributed by atoms with Crippen molar-refractivity contribution in [2.24, 2.45) is 0 Å². The fourth-order valence-electron chi connectivity index (χ4n) is 3.68. The third-order valence-electron chi connectivity index (χ3n) is 5.21. The molecule has 7 nitrogen and oxygen atoms in total. The van der Waals surface area contributed by atoms with Crippen molar-refractivity contribution in [1.82, 2.24) is 10.2 Å². The predicted octanol–water partition coefficient (Wildman–Crippen LogP) is 2.06. The van der Waals surface area contributed by atoms with Gasteiger partial charge in [-0.15, -0.1) is 24.8 Å². The summed E-state index contributed by atoms with van der Waals surface area (Å²) in [5.41, 5.74) is 1.16. The van der Waals surface area contributed by atoms with Gasteiger partial charge in [-0.2, -0.15) is 0 Å². The summed E-state index contributed by atoms with van der Waals surface area (Å²) < 4.78 is 10.1. The maximum atomic E-state index is 11.6. The number of benzene rings is 1. The molecule has 2 heterocycles. The van der Waals surface area contributed by atoms with Gasteiger partial charge in [-0.05, 0) is 57.1 Å². The normalized spacial score (nSPS) is 18.4. The smallest absolute Gasteiger partial charge is 0.352 e. The van der Waals surface area contributed by atoms with Crippen molar-refractivity contribution < 1.29 is 19.1 Å². The van der Waals surface area contributed by atoms with Crippen LogP contribution in [0.1, 0.15) is 19.8 Å². The fraction of sp³-hybridized carbons (Fsp3) is 0.550. The number of ether oxygens (including phenoxy) is 2. The van der Waals surface area contributed by atoms with Gasteiger partial charge >= 0.3 is 5.97 Å². The van der Waals surface area contributed by atoms with Gasteiger partial charge in [-0.1, -0.05) is 0 Å². The van der Waals surface area contributed by atoms with E-state index in [9.17, 15) is 9.59 Å². The molecule has 162 valence electrons. The lowest BCUT2D eigenvalue weighted by atomic mass is 10.0. The van der Waals surface area contributed by atoms with Crippen molar-refractivity contribution >= 4 is 42.4 Å². The van der Waals surface area contributed by atoms with Crippen molar-refractivity contribution in [1.29, 1.82) is 0 Å². The van der Waals surface area contributed by atoms with E-state index in [0.29, 0.717) is 12.0 Å². The maximum Gasteiger partial charge on any atom is 0.352 e. The minimum absolute atomic E-state index is 0. The van der Waals surface area contributed by atoms with Crippen LogP contribution in [0.25, 0.3) is 0 Å². The Morgan fingerprint density at radius 1 is 1.14 bits per heavy atom. The summed E-state index contributed by atoms with van der Waals surface area (Å²) >= 11 is 0. The Morgan fingerprint density at radius 2 is 1.76 bits per heavy atom. The number of carbonyl (C=O) groups excluding carboxylic acids is 2. The number of piperazine rings is 1. The summed E-state index contributed by atoms with van der Waals surface area (Å²) in [5.74, 6) is 1.36. The quantitative estimate of drug-likeness (QED) is 0.408. The Morgan fingerprint density at radius 3 is 2.34 bits per heavy atom. The molecule has 2 fully saturated rings. The van der Waals surface area contributed by atoms with Crippen molar-refractivity contribution in [3.8, 4) is 5.75 Å². The highest BCUT2D eigenvalue weighted by Crippen LogP contribution is 2.23. The third-order valence-corrected chi connectivity index (χ3v) is 5.21. The first-order chi connectivity index (χ1) is 13.2. The van der Waals surface area contributed by atoms with Crippen LogP contribution >= 0.6 is 24.8 Å². The molecule has 0 amide bonds. The standard InChI is InChI=1S/C20H27N3O4.2ClH/c1-16(20(25)26-15-14-24)27-19-4-2-17(3-5-19)22-10-12-23(13-11-22)18-6-8-21-9-7-18;;/h2-5,15-16,18,21H,6-13H2,1H3;2*1H. The van der Waals surface area contributed by atoms with Crippen LogP contribution in [0.4, 0.5) is 5.69 Å². The number of rotatable bonds is 6. The molecule has 1 N–H and O–H groups in total. The number of halogens is 2. The lowest BCUT2D eigenvalue weighted by Crippen LogP contribution is -2.52. The molecule has 0 bridgehead atoms. The van der Waals surface area contributed by atoms with Crippen LogP contribution < -0.4 is 15.0 Å². The average molecular weight is 446 g/mol. The van der Waals surface area contributed by atoms with Crippen LogP contribution in [0.15, 0.2) is 30.5 Å². The van der Waals surface area contributed by atoms with Gasteiger partial charge in [0.1, 0.15) is 5.75 Å². The Kier molecular flexibility index (Phi) is 11.1. The van der Waals surface area contributed by atoms with E-state index < -0.39 is 12.1 Å². The van der Waals surface area contributed by atoms with E-state index >= 15 is 0 Å². The van der Waals surface area contributed by atoms with E-state index in [1.54, 1.807) is 6.92 Å². The zero-order chi connectivity index (χ0) is 19.1. The first kappa shape index (κ1) is 25.3. The molecule has 2 aliphatic heterocycles. The molecule has 2 aliphatic rings. The molecular weight excluding hydrogens is 417 g/mol. The van der Waals surface area contributed by atoms with Gasteiger partial charge in [-0.25, -0.2) is 9.59 Å². The highest BCUT2D eigenvalue weighted by atomic mass is 35.5. The van der Waals surface area contributed by atoms with Crippen molar-refractivity contribution in [3.63, 3.8) is 0 Å². The lowest BCUT2D eigenvalue weighted by molar-refractivity contribution is -0.145. The van der Waals surface area contributed by atoms with Gasteiger partial charge in [0.2, 0.25) is 0 Å². The molecule has 0 radical (unpaired) electrons. The molecule has 9 heteroatoms. The summed E-state index contributed by atoms with van der Waals surface area (Å²) in [6, 6.07) is 8.46. The minimum atomic E-state index is -0.797. The van der Waals surface area contributed by atoms with E-state index in [1.165, 1.54) is 18.8 Å². The molecular formula is C20H29Cl2N3O4. The van der Waals surface area contributed by atoms with E-state index in [4.69, 9.17) is 4.74 Å². The summed E-state index contributed by atoms with van der Waals surface area (Å²) in [6.07, 6.45) is 2.38. The average Bonchev–Trinajstić information content (AvgIpc) is 2.73. The highest BCUT2D eigenvalue weighted by Gasteiger charge is 2.25. The summed E-state index contributed by atoms with van der Waals surface area (Å²) in [7, 11) is 0. The van der Waals surface area contributed by atoms with Gasteiger partial charge in [0.15, 0.2) is 18.3 Å². The number of nitrogens with zero attached hydrogens (tertiary/aromatic N) is 2. The lowest BCUT2D eigenvalue weighted by Gasteiger charge is -2.41. The molecule has 1 atom stereocenters. The third kappa shape index (κ3) is 7.21. The molecule has 29 heavy (non-hydrogen) atoms. The van der Waals surface area contributed by atoms with Gasteiger partial charge < -0.3 is 19.7 Å². The fourth-order valence-corrected chi connectivity index (χ4v) is 3.68. The Hall–Kier alpha value is -1.76. The monoisotopic (exact) mass is 445 g/mol. The SMILES string of the molecule is CC(Oc1ccc(N2CCN(C3CCNCC3)CC2)cc1)C(=O)OC=C=O.Cl.Cl. The van der Waals surface area contributed by atoms with E-state index in [0.717, 1.165) is 51.0 Å². The zero-order valence-corrected chi connectivity index (χ0v) is 18.2. The van der Waals surface area contributed by atoms with E-state index in [2.05, 4.69) is 19.9 Å². The maximum absolute atomic E-state index is 11.6. The topological polar surface area (TPSA) is 71.1 Å². The second-order valence-electron chi connectivity index (χ2n) is 6.93. The number of carbonyl (C=O) groups is 1. The minimum Gasteiger partial charge on any atom is -0.479 e. The highest BCUT2D eigenvalue weighted by molar-refractivity contribution is 5.85. The van der Waals surface area contributed by atoms with E-state index in [-0.39, 0.29) is 24.8 Å². The molecule has 1 unspecified atom stereocenters. The van der Waals surface area contributed by atoms with Crippen LogP contribution in [0.2, 0.25) is 0 Å². The molecule has 0 spiro atoms. The number of anilines is 1. The molecule has 1 aromatic carbocycles. The molecule has 0 aliphatic carbocycles. The van der Waals surface area contributed by atoms with Gasteiger partial charge in [0, 0.05) is 37.9 Å². The molecule has 3 rings (SSSR count). The number of nitrogens with one attached hydrogen (secondary N) is 1. The first-order valence-corrected chi connectivity index (χ1v) is 9.53. The van der Waals surface area contributed by atoms with Gasteiger partial charge in [0.25, 0.3) is 0 Å². The second kappa shape index (κ2) is 12.7. The number of esters is 1.